The number of oxazole rings is 1. The van der Waals surface area contributed by atoms with Crippen molar-refractivity contribution in [2.45, 2.75) is 52.1 Å². The van der Waals surface area contributed by atoms with Crippen molar-refractivity contribution in [3.63, 3.8) is 0 Å². The van der Waals surface area contributed by atoms with Gasteiger partial charge in [-0.3, -0.25) is 9.69 Å². The lowest BCUT2D eigenvalue weighted by atomic mass is 9.94. The van der Waals surface area contributed by atoms with Gasteiger partial charge in [-0.2, -0.15) is 0 Å². The molecule has 0 aliphatic carbocycles. The smallest absolute Gasteiger partial charge is 0.320 e. The zero-order valence-corrected chi connectivity index (χ0v) is 11.7. The van der Waals surface area contributed by atoms with Gasteiger partial charge in [0.2, 0.25) is 5.89 Å². The van der Waals surface area contributed by atoms with Crippen LogP contribution in [0.4, 0.5) is 0 Å². The van der Waals surface area contributed by atoms with E-state index in [4.69, 9.17) is 9.52 Å². The fourth-order valence-corrected chi connectivity index (χ4v) is 1.73. The average Bonchev–Trinajstić information content (AvgIpc) is 2.65. The molecule has 18 heavy (non-hydrogen) atoms. The highest BCUT2D eigenvalue weighted by molar-refractivity contribution is 5.73. The molecular weight excluding hydrogens is 232 g/mol. The first-order chi connectivity index (χ1) is 8.25. The summed E-state index contributed by atoms with van der Waals surface area (Å²) in [6, 6.07) is -0.505. The standard InChI is InChI=1S/C13H22N2O3/c1-6-9(12(16)17)15(5)8-11-14-7-10(18-11)13(2,3)4/h7,9H,6,8H2,1-5H3,(H,16,17). The highest BCUT2D eigenvalue weighted by atomic mass is 16.4. The molecule has 1 heterocycles. The molecule has 1 unspecified atom stereocenters. The average molecular weight is 254 g/mol. The van der Waals surface area contributed by atoms with Crippen LogP contribution >= 0.6 is 0 Å². The summed E-state index contributed by atoms with van der Waals surface area (Å²) in [5.41, 5.74) is -0.0826. The quantitative estimate of drug-likeness (QED) is 0.873. The minimum Gasteiger partial charge on any atom is -0.480 e. The number of carbonyl (C=O) groups is 1. The minimum atomic E-state index is -0.817. The van der Waals surface area contributed by atoms with Crippen molar-refractivity contribution in [3.05, 3.63) is 17.8 Å². The van der Waals surface area contributed by atoms with Gasteiger partial charge < -0.3 is 9.52 Å². The van der Waals surface area contributed by atoms with Gasteiger partial charge in [0, 0.05) is 5.41 Å². The number of carboxylic acids is 1. The van der Waals surface area contributed by atoms with Crippen LogP contribution in [0.2, 0.25) is 0 Å². The van der Waals surface area contributed by atoms with E-state index in [2.05, 4.69) is 4.98 Å². The highest BCUT2D eigenvalue weighted by Crippen LogP contribution is 2.23. The first-order valence-corrected chi connectivity index (χ1v) is 6.14. The summed E-state index contributed by atoms with van der Waals surface area (Å²) in [7, 11) is 1.77. The third-order valence-corrected chi connectivity index (χ3v) is 2.88. The summed E-state index contributed by atoms with van der Waals surface area (Å²) in [6.07, 6.45) is 2.27. The molecule has 0 radical (unpaired) electrons. The molecule has 102 valence electrons. The fourth-order valence-electron chi connectivity index (χ4n) is 1.73. The summed E-state index contributed by atoms with van der Waals surface area (Å²) in [4.78, 5) is 17.0. The van der Waals surface area contributed by atoms with Crippen molar-refractivity contribution in [2.75, 3.05) is 7.05 Å². The van der Waals surface area contributed by atoms with Crippen LogP contribution in [0.3, 0.4) is 0 Å². The SMILES string of the molecule is CCC(C(=O)O)N(C)Cc1ncc(C(C)(C)C)o1. The molecule has 0 bridgehead atoms. The molecular formula is C13H22N2O3. The first kappa shape index (κ1) is 14.7. The van der Waals surface area contributed by atoms with E-state index in [9.17, 15) is 4.79 Å². The van der Waals surface area contributed by atoms with E-state index in [0.29, 0.717) is 18.9 Å². The maximum absolute atomic E-state index is 11.0. The van der Waals surface area contributed by atoms with Gasteiger partial charge in [0.25, 0.3) is 0 Å². The molecule has 0 fully saturated rings. The number of hydrogen-bond acceptors (Lipinski definition) is 4. The fraction of sp³-hybridized carbons (Fsp3) is 0.692. The molecule has 1 atom stereocenters. The van der Waals surface area contributed by atoms with Crippen LogP contribution in [-0.2, 0) is 16.8 Å². The molecule has 0 aliphatic heterocycles. The Hall–Kier alpha value is -1.36. The maximum Gasteiger partial charge on any atom is 0.320 e. The number of hydrogen-bond donors (Lipinski definition) is 1. The molecule has 0 aromatic carbocycles. The maximum atomic E-state index is 11.0. The van der Waals surface area contributed by atoms with E-state index in [1.807, 2.05) is 27.7 Å². The number of rotatable bonds is 5. The normalized spacial score (nSPS) is 13.9. The van der Waals surface area contributed by atoms with E-state index in [1.165, 1.54) is 0 Å². The Morgan fingerprint density at radius 1 is 1.56 bits per heavy atom. The van der Waals surface area contributed by atoms with Gasteiger partial charge in [-0.05, 0) is 13.5 Å². The molecule has 1 aromatic rings. The zero-order valence-electron chi connectivity index (χ0n) is 11.7. The Balaban J connectivity index is 2.73. The van der Waals surface area contributed by atoms with Gasteiger partial charge in [0.15, 0.2) is 0 Å². The molecule has 5 nitrogen and oxygen atoms in total. The summed E-state index contributed by atoms with van der Waals surface area (Å²) >= 11 is 0. The van der Waals surface area contributed by atoms with Gasteiger partial charge >= 0.3 is 5.97 Å². The lowest BCUT2D eigenvalue weighted by molar-refractivity contribution is -0.143. The number of aliphatic carboxylic acids is 1. The van der Waals surface area contributed by atoms with Crippen LogP contribution in [0.5, 0.6) is 0 Å². The second kappa shape index (κ2) is 5.52. The Labute approximate surface area is 108 Å². The molecule has 1 N–H and O–H groups in total. The van der Waals surface area contributed by atoms with Crippen molar-refractivity contribution in [2.24, 2.45) is 0 Å². The van der Waals surface area contributed by atoms with Crippen molar-refractivity contribution in [3.8, 4) is 0 Å². The lowest BCUT2D eigenvalue weighted by Crippen LogP contribution is -2.37. The molecule has 1 rings (SSSR count). The molecule has 1 aromatic heterocycles. The Kier molecular flexibility index (Phi) is 4.51. The largest absolute Gasteiger partial charge is 0.480 e. The Bertz CT molecular complexity index is 407. The van der Waals surface area contributed by atoms with Gasteiger partial charge in [-0.15, -0.1) is 0 Å². The summed E-state index contributed by atoms with van der Waals surface area (Å²) in [6.45, 7) is 8.40. The van der Waals surface area contributed by atoms with Crippen molar-refractivity contribution in [1.29, 1.82) is 0 Å². The van der Waals surface area contributed by atoms with E-state index in [-0.39, 0.29) is 5.41 Å². The van der Waals surface area contributed by atoms with Crippen LogP contribution in [0.1, 0.15) is 45.8 Å². The second-order valence-electron chi connectivity index (χ2n) is 5.55. The van der Waals surface area contributed by atoms with Crippen LogP contribution in [0, 0.1) is 0 Å². The van der Waals surface area contributed by atoms with E-state index in [1.54, 1.807) is 18.1 Å². The topological polar surface area (TPSA) is 66.6 Å². The molecule has 0 amide bonds. The number of nitrogens with zero attached hydrogens (tertiary/aromatic N) is 2. The third-order valence-electron chi connectivity index (χ3n) is 2.88. The first-order valence-electron chi connectivity index (χ1n) is 6.14. The predicted octanol–water partition coefficient (Wildman–Crippen LogP) is 2.27. The highest BCUT2D eigenvalue weighted by Gasteiger charge is 2.23. The summed E-state index contributed by atoms with van der Waals surface area (Å²) in [5.74, 6) is 0.555. The van der Waals surface area contributed by atoms with Gasteiger partial charge in [-0.1, -0.05) is 27.7 Å². The Morgan fingerprint density at radius 2 is 2.17 bits per heavy atom. The minimum absolute atomic E-state index is 0.0826. The molecule has 0 spiro atoms. The molecule has 5 heteroatoms. The number of aromatic nitrogens is 1. The predicted molar refractivity (Wildman–Crippen MR) is 68.4 cm³/mol. The van der Waals surface area contributed by atoms with Crippen LogP contribution in [-0.4, -0.2) is 34.0 Å². The summed E-state index contributed by atoms with van der Waals surface area (Å²) < 4.78 is 5.65. The molecule has 0 saturated heterocycles. The van der Waals surface area contributed by atoms with Crippen LogP contribution in [0.15, 0.2) is 10.6 Å². The van der Waals surface area contributed by atoms with Crippen molar-refractivity contribution in [1.82, 2.24) is 9.88 Å². The van der Waals surface area contributed by atoms with Gasteiger partial charge in [-0.25, -0.2) is 4.98 Å². The van der Waals surface area contributed by atoms with Gasteiger partial charge in [0.05, 0.1) is 12.7 Å². The van der Waals surface area contributed by atoms with Crippen LogP contribution in [0.25, 0.3) is 0 Å². The Morgan fingerprint density at radius 3 is 2.56 bits per heavy atom. The van der Waals surface area contributed by atoms with E-state index >= 15 is 0 Å². The lowest BCUT2D eigenvalue weighted by Gasteiger charge is -2.21. The van der Waals surface area contributed by atoms with Crippen molar-refractivity contribution >= 4 is 5.97 Å². The van der Waals surface area contributed by atoms with Crippen LogP contribution < -0.4 is 0 Å². The monoisotopic (exact) mass is 254 g/mol. The zero-order chi connectivity index (χ0) is 13.9. The molecule has 0 aliphatic rings. The second-order valence-corrected chi connectivity index (χ2v) is 5.55. The van der Waals surface area contributed by atoms with E-state index < -0.39 is 12.0 Å². The third kappa shape index (κ3) is 3.57. The van der Waals surface area contributed by atoms with Gasteiger partial charge in [0.1, 0.15) is 11.8 Å². The number of likely N-dealkylation sites (N-methyl/N-ethyl adjacent to an activating group) is 1. The van der Waals surface area contributed by atoms with Crippen molar-refractivity contribution < 1.29 is 14.3 Å². The summed E-state index contributed by atoms with van der Waals surface area (Å²) in [5, 5.41) is 9.06. The van der Waals surface area contributed by atoms with E-state index in [0.717, 1.165) is 5.76 Å². The number of carboxylic acid groups (broad SMARTS) is 1. The molecule has 0 saturated carbocycles.